The fourth-order valence-corrected chi connectivity index (χ4v) is 5.93. The second-order valence-electron chi connectivity index (χ2n) is 8.33. The third-order valence-electron chi connectivity index (χ3n) is 6.17. The second-order valence-corrected chi connectivity index (χ2v) is 9.69. The Morgan fingerprint density at radius 2 is 1.40 bits per heavy atom. The van der Waals surface area contributed by atoms with Crippen LogP contribution in [0, 0.1) is 0 Å². The zero-order chi connectivity index (χ0) is 18.0. The van der Waals surface area contributed by atoms with Gasteiger partial charge in [-0.05, 0) is 60.1 Å². The Balaban J connectivity index is 2.14. The Labute approximate surface area is 153 Å². The van der Waals surface area contributed by atoms with Gasteiger partial charge in [-0.1, -0.05) is 64.5 Å². The molecule has 0 radical (unpaired) electrons. The van der Waals surface area contributed by atoms with E-state index in [4.69, 9.17) is 0 Å². The van der Waals surface area contributed by atoms with Gasteiger partial charge in [0.1, 0.15) is 4.90 Å². The fourth-order valence-electron chi connectivity index (χ4n) is 4.81. The maximum Gasteiger partial charge on any atom is 0.295 e. The van der Waals surface area contributed by atoms with E-state index in [1.165, 1.54) is 44.1 Å². The molecule has 1 N–H and O–H groups in total. The second kappa shape index (κ2) is 7.79. The summed E-state index contributed by atoms with van der Waals surface area (Å²) in [5.74, 6) is 0.901. The van der Waals surface area contributed by atoms with Crippen molar-refractivity contribution < 1.29 is 13.0 Å². The standard InChI is InChI=1S/C21H32O3S/c1-15(2)19-13-18(16-9-5-3-6-10-16)14-20(21(19)25(22,23)24)17-11-7-4-8-12-17/h13-17H,3-12H2,1-2H3,(H,22,23,24). The van der Waals surface area contributed by atoms with Gasteiger partial charge in [0, 0.05) is 0 Å². The molecule has 0 heterocycles. The third kappa shape index (κ3) is 4.28. The Hall–Kier alpha value is -0.870. The Bertz CT molecular complexity index is 694. The van der Waals surface area contributed by atoms with Gasteiger partial charge >= 0.3 is 0 Å². The monoisotopic (exact) mass is 364 g/mol. The van der Waals surface area contributed by atoms with Crippen molar-refractivity contribution in [3.05, 3.63) is 28.8 Å². The highest BCUT2D eigenvalue weighted by Gasteiger charge is 2.30. The highest BCUT2D eigenvalue weighted by atomic mass is 32.2. The molecule has 0 amide bonds. The quantitative estimate of drug-likeness (QED) is 0.652. The van der Waals surface area contributed by atoms with Crippen molar-refractivity contribution in [1.82, 2.24) is 0 Å². The lowest BCUT2D eigenvalue weighted by atomic mass is 9.78. The van der Waals surface area contributed by atoms with Crippen molar-refractivity contribution >= 4 is 10.1 Å². The van der Waals surface area contributed by atoms with E-state index in [0.29, 0.717) is 5.92 Å². The summed E-state index contributed by atoms with van der Waals surface area (Å²) in [6, 6.07) is 4.22. The SMILES string of the molecule is CC(C)c1cc(C2CCCCC2)cc(C2CCCCC2)c1S(=O)(=O)O. The predicted octanol–water partition coefficient (Wildman–Crippen LogP) is 6.15. The molecule has 2 aliphatic rings. The third-order valence-corrected chi connectivity index (χ3v) is 7.16. The molecule has 2 aliphatic carbocycles. The van der Waals surface area contributed by atoms with E-state index < -0.39 is 10.1 Å². The molecule has 0 spiro atoms. The first-order chi connectivity index (χ1) is 11.9. The van der Waals surface area contributed by atoms with Crippen molar-refractivity contribution in [2.24, 2.45) is 0 Å². The predicted molar refractivity (Wildman–Crippen MR) is 102 cm³/mol. The van der Waals surface area contributed by atoms with Crippen molar-refractivity contribution in [2.75, 3.05) is 0 Å². The van der Waals surface area contributed by atoms with Gasteiger partial charge in [-0.15, -0.1) is 0 Å². The summed E-state index contributed by atoms with van der Waals surface area (Å²) >= 11 is 0. The van der Waals surface area contributed by atoms with E-state index in [9.17, 15) is 13.0 Å². The normalized spacial score (nSPS) is 21.0. The van der Waals surface area contributed by atoms with Crippen LogP contribution in [-0.4, -0.2) is 13.0 Å². The summed E-state index contributed by atoms with van der Waals surface area (Å²) in [5, 5.41) is 0. The number of benzene rings is 1. The molecular formula is C21H32O3S. The first kappa shape index (κ1) is 18.9. The van der Waals surface area contributed by atoms with Gasteiger partial charge in [0.15, 0.2) is 0 Å². The van der Waals surface area contributed by atoms with E-state index in [2.05, 4.69) is 12.1 Å². The summed E-state index contributed by atoms with van der Waals surface area (Å²) in [4.78, 5) is 0.217. The summed E-state index contributed by atoms with van der Waals surface area (Å²) in [6.45, 7) is 4.05. The van der Waals surface area contributed by atoms with Crippen molar-refractivity contribution in [3.63, 3.8) is 0 Å². The lowest BCUT2D eigenvalue weighted by Gasteiger charge is -2.29. The van der Waals surface area contributed by atoms with Crippen molar-refractivity contribution in [3.8, 4) is 0 Å². The van der Waals surface area contributed by atoms with E-state index in [0.717, 1.165) is 36.8 Å². The van der Waals surface area contributed by atoms with Crippen LogP contribution in [0.15, 0.2) is 17.0 Å². The minimum absolute atomic E-state index is 0.0859. The molecule has 2 saturated carbocycles. The van der Waals surface area contributed by atoms with Gasteiger partial charge in [0.05, 0.1) is 0 Å². The van der Waals surface area contributed by atoms with Crippen molar-refractivity contribution in [2.45, 2.75) is 101 Å². The van der Waals surface area contributed by atoms with Gasteiger partial charge in [0.25, 0.3) is 10.1 Å². The molecule has 2 fully saturated rings. The van der Waals surface area contributed by atoms with Crippen LogP contribution in [0.5, 0.6) is 0 Å². The maximum absolute atomic E-state index is 12.3. The van der Waals surface area contributed by atoms with Crippen LogP contribution in [0.4, 0.5) is 0 Å². The van der Waals surface area contributed by atoms with Crippen LogP contribution in [0.2, 0.25) is 0 Å². The topological polar surface area (TPSA) is 54.4 Å². The minimum atomic E-state index is -4.21. The molecule has 0 saturated heterocycles. The smallest absolute Gasteiger partial charge is 0.282 e. The molecule has 0 bridgehead atoms. The highest BCUT2D eigenvalue weighted by Crippen LogP contribution is 2.42. The van der Waals surface area contributed by atoms with Gasteiger partial charge in [0.2, 0.25) is 0 Å². The van der Waals surface area contributed by atoms with Crippen LogP contribution in [0.3, 0.4) is 0 Å². The Morgan fingerprint density at radius 1 is 0.880 bits per heavy atom. The lowest BCUT2D eigenvalue weighted by molar-refractivity contribution is 0.426. The molecule has 3 rings (SSSR count). The molecular weight excluding hydrogens is 332 g/mol. The molecule has 1 aromatic carbocycles. The largest absolute Gasteiger partial charge is 0.295 e. The Morgan fingerprint density at radius 3 is 1.88 bits per heavy atom. The van der Waals surface area contributed by atoms with Crippen LogP contribution < -0.4 is 0 Å². The van der Waals surface area contributed by atoms with Crippen LogP contribution >= 0.6 is 0 Å². The number of hydrogen-bond donors (Lipinski definition) is 1. The van der Waals surface area contributed by atoms with Gasteiger partial charge in [-0.3, -0.25) is 4.55 Å². The summed E-state index contributed by atoms with van der Waals surface area (Å²) in [7, 11) is -4.21. The maximum atomic E-state index is 12.3. The average Bonchev–Trinajstić information content (AvgIpc) is 2.61. The summed E-state index contributed by atoms with van der Waals surface area (Å²) in [5.41, 5.74) is 3.01. The zero-order valence-corrected chi connectivity index (χ0v) is 16.4. The van der Waals surface area contributed by atoms with E-state index in [1.807, 2.05) is 13.8 Å². The molecule has 0 aromatic heterocycles. The Kier molecular flexibility index (Phi) is 5.89. The van der Waals surface area contributed by atoms with Gasteiger partial charge in [-0.25, -0.2) is 0 Å². The van der Waals surface area contributed by atoms with Crippen LogP contribution in [0.25, 0.3) is 0 Å². The molecule has 0 atom stereocenters. The molecule has 0 aliphatic heterocycles. The molecule has 4 heteroatoms. The molecule has 1 aromatic rings. The van der Waals surface area contributed by atoms with Crippen LogP contribution in [-0.2, 0) is 10.1 Å². The first-order valence-corrected chi connectivity index (χ1v) is 11.5. The first-order valence-electron chi connectivity index (χ1n) is 10.0. The minimum Gasteiger partial charge on any atom is -0.282 e. The number of rotatable bonds is 4. The molecule has 25 heavy (non-hydrogen) atoms. The molecule has 0 unspecified atom stereocenters. The van der Waals surface area contributed by atoms with Gasteiger partial charge in [-0.2, -0.15) is 8.42 Å². The zero-order valence-electron chi connectivity index (χ0n) is 15.6. The van der Waals surface area contributed by atoms with Gasteiger partial charge < -0.3 is 0 Å². The highest BCUT2D eigenvalue weighted by molar-refractivity contribution is 7.86. The fraction of sp³-hybridized carbons (Fsp3) is 0.714. The molecule has 3 nitrogen and oxygen atoms in total. The van der Waals surface area contributed by atoms with E-state index >= 15 is 0 Å². The average molecular weight is 365 g/mol. The summed E-state index contributed by atoms with van der Waals surface area (Å²) < 4.78 is 34.5. The number of hydrogen-bond acceptors (Lipinski definition) is 2. The van der Waals surface area contributed by atoms with Crippen LogP contribution in [0.1, 0.15) is 112 Å². The van der Waals surface area contributed by atoms with E-state index in [-0.39, 0.29) is 16.7 Å². The van der Waals surface area contributed by atoms with Crippen molar-refractivity contribution in [1.29, 1.82) is 0 Å². The lowest BCUT2D eigenvalue weighted by Crippen LogP contribution is -2.16. The molecule has 140 valence electrons. The summed E-state index contributed by atoms with van der Waals surface area (Å²) in [6.07, 6.45) is 11.9. The van der Waals surface area contributed by atoms with E-state index in [1.54, 1.807) is 0 Å².